The molecule has 2 fully saturated rings. The highest BCUT2D eigenvalue weighted by molar-refractivity contribution is 9.09. The van der Waals surface area contributed by atoms with Gasteiger partial charge in [0, 0.05) is 11.4 Å². The maximum absolute atomic E-state index is 13.7. The largest absolute Gasteiger partial charge is 0.375 e. The molecule has 3 unspecified atom stereocenters. The van der Waals surface area contributed by atoms with Crippen LogP contribution >= 0.6 is 15.9 Å². The van der Waals surface area contributed by atoms with E-state index < -0.39 is 6.17 Å². The highest BCUT2D eigenvalue weighted by Gasteiger charge is 2.30. The average molecular weight is 293 g/mol. The van der Waals surface area contributed by atoms with Gasteiger partial charge in [-0.15, -0.1) is 0 Å². The molecule has 0 bridgehead atoms. The van der Waals surface area contributed by atoms with E-state index in [2.05, 4.69) is 15.9 Å². The van der Waals surface area contributed by atoms with Crippen molar-refractivity contribution in [3.63, 3.8) is 0 Å². The van der Waals surface area contributed by atoms with Crippen LogP contribution in [0.4, 0.5) is 4.39 Å². The number of alkyl halides is 2. The molecule has 0 radical (unpaired) electrons. The van der Waals surface area contributed by atoms with Gasteiger partial charge in [-0.1, -0.05) is 35.2 Å². The summed E-state index contributed by atoms with van der Waals surface area (Å²) in [5.74, 6) is 0.697. The molecule has 0 aliphatic heterocycles. The molecule has 2 aliphatic carbocycles. The Morgan fingerprint density at radius 2 is 1.81 bits per heavy atom. The van der Waals surface area contributed by atoms with E-state index in [0.29, 0.717) is 17.2 Å². The van der Waals surface area contributed by atoms with E-state index in [1.54, 1.807) is 0 Å². The van der Waals surface area contributed by atoms with Crippen molar-refractivity contribution >= 4 is 15.9 Å². The van der Waals surface area contributed by atoms with E-state index in [1.807, 2.05) is 0 Å². The predicted molar refractivity (Wildman–Crippen MR) is 67.8 cm³/mol. The van der Waals surface area contributed by atoms with Crippen molar-refractivity contribution in [1.82, 2.24) is 0 Å². The molecule has 2 saturated carbocycles. The molecule has 16 heavy (non-hydrogen) atoms. The van der Waals surface area contributed by atoms with Crippen LogP contribution in [0.1, 0.15) is 51.4 Å². The first-order valence-corrected chi connectivity index (χ1v) is 7.57. The molecule has 3 atom stereocenters. The Morgan fingerprint density at radius 3 is 2.50 bits per heavy atom. The van der Waals surface area contributed by atoms with Crippen LogP contribution in [0.2, 0.25) is 0 Å². The second-order valence-corrected chi connectivity index (χ2v) is 6.60. The molecule has 0 aromatic carbocycles. The summed E-state index contributed by atoms with van der Waals surface area (Å²) in [6.07, 6.45) is 8.27. The first-order chi connectivity index (χ1) is 7.75. The van der Waals surface area contributed by atoms with Crippen LogP contribution in [-0.4, -0.2) is 23.7 Å². The number of hydrogen-bond acceptors (Lipinski definition) is 1. The summed E-state index contributed by atoms with van der Waals surface area (Å²) >= 11 is 3.49. The Hall–Kier alpha value is 0.370. The van der Waals surface area contributed by atoms with Crippen LogP contribution in [0.15, 0.2) is 0 Å². The molecule has 0 N–H and O–H groups in total. The van der Waals surface area contributed by atoms with E-state index in [1.165, 1.54) is 32.1 Å². The van der Waals surface area contributed by atoms with Gasteiger partial charge in [-0.25, -0.2) is 4.39 Å². The SMILES string of the molecule is FC1CC(Br)CCC1OCC1CCCCC1. The molecular formula is C13H22BrFO. The summed E-state index contributed by atoms with van der Waals surface area (Å²) in [6, 6.07) is 0. The van der Waals surface area contributed by atoms with E-state index in [-0.39, 0.29) is 6.10 Å². The fourth-order valence-corrected chi connectivity index (χ4v) is 3.46. The Labute approximate surface area is 106 Å². The molecule has 0 heterocycles. The first-order valence-electron chi connectivity index (χ1n) is 6.65. The lowest BCUT2D eigenvalue weighted by Gasteiger charge is -2.31. The van der Waals surface area contributed by atoms with Gasteiger partial charge in [-0.2, -0.15) is 0 Å². The third-order valence-electron chi connectivity index (χ3n) is 3.92. The quantitative estimate of drug-likeness (QED) is 0.707. The summed E-state index contributed by atoms with van der Waals surface area (Å²) < 4.78 is 19.5. The highest BCUT2D eigenvalue weighted by Crippen LogP contribution is 2.30. The van der Waals surface area contributed by atoms with Crippen LogP contribution < -0.4 is 0 Å². The third kappa shape index (κ3) is 3.69. The standard InChI is InChI=1S/C13H22BrFO/c14-11-6-7-13(12(15)8-11)16-9-10-4-2-1-3-5-10/h10-13H,1-9H2. The maximum atomic E-state index is 13.7. The minimum atomic E-state index is -0.762. The van der Waals surface area contributed by atoms with Crippen molar-refractivity contribution in [2.45, 2.75) is 68.5 Å². The Balaban J connectivity index is 1.68. The molecular weight excluding hydrogens is 271 g/mol. The summed E-state index contributed by atoms with van der Waals surface area (Å²) in [7, 11) is 0. The average Bonchev–Trinajstić information content (AvgIpc) is 2.29. The molecule has 2 rings (SSSR count). The predicted octanol–water partition coefficient (Wildman–Crippen LogP) is 4.24. The fourth-order valence-electron chi connectivity index (χ4n) is 2.84. The first kappa shape index (κ1) is 12.8. The fraction of sp³-hybridized carbons (Fsp3) is 1.00. The van der Waals surface area contributed by atoms with Gasteiger partial charge in [0.2, 0.25) is 0 Å². The molecule has 0 amide bonds. The molecule has 3 heteroatoms. The summed E-state index contributed by atoms with van der Waals surface area (Å²) in [4.78, 5) is 0.358. The molecule has 94 valence electrons. The Kier molecular flexibility index (Phi) is 5.08. The van der Waals surface area contributed by atoms with E-state index >= 15 is 0 Å². The number of rotatable bonds is 3. The van der Waals surface area contributed by atoms with Crippen molar-refractivity contribution in [2.75, 3.05) is 6.61 Å². The summed E-state index contributed by atoms with van der Waals surface area (Å²) in [6.45, 7) is 0.790. The monoisotopic (exact) mass is 292 g/mol. The highest BCUT2D eigenvalue weighted by atomic mass is 79.9. The van der Waals surface area contributed by atoms with Crippen LogP contribution in [0.3, 0.4) is 0 Å². The van der Waals surface area contributed by atoms with E-state index in [4.69, 9.17) is 4.74 Å². The van der Waals surface area contributed by atoms with Crippen molar-refractivity contribution in [2.24, 2.45) is 5.92 Å². The van der Waals surface area contributed by atoms with Gasteiger partial charge in [0.05, 0.1) is 6.10 Å². The van der Waals surface area contributed by atoms with E-state index in [0.717, 1.165) is 19.4 Å². The lowest BCUT2D eigenvalue weighted by molar-refractivity contribution is -0.0409. The summed E-state index contributed by atoms with van der Waals surface area (Å²) in [5, 5.41) is 0. The topological polar surface area (TPSA) is 9.23 Å². The molecule has 0 spiro atoms. The van der Waals surface area contributed by atoms with Crippen LogP contribution in [0.5, 0.6) is 0 Å². The minimum Gasteiger partial charge on any atom is -0.375 e. The molecule has 0 aromatic rings. The molecule has 0 saturated heterocycles. The maximum Gasteiger partial charge on any atom is 0.127 e. The zero-order chi connectivity index (χ0) is 11.4. The lowest BCUT2D eigenvalue weighted by atomic mass is 9.89. The van der Waals surface area contributed by atoms with Gasteiger partial charge in [0.25, 0.3) is 0 Å². The van der Waals surface area contributed by atoms with Crippen LogP contribution in [0.25, 0.3) is 0 Å². The zero-order valence-corrected chi connectivity index (χ0v) is 11.4. The third-order valence-corrected chi connectivity index (χ3v) is 4.75. The van der Waals surface area contributed by atoms with Gasteiger partial charge >= 0.3 is 0 Å². The number of halogens is 2. The second kappa shape index (κ2) is 6.34. The van der Waals surface area contributed by atoms with Gasteiger partial charge in [-0.3, -0.25) is 0 Å². The van der Waals surface area contributed by atoms with Gasteiger partial charge in [0.1, 0.15) is 6.17 Å². The van der Waals surface area contributed by atoms with Gasteiger partial charge < -0.3 is 4.74 Å². The Bertz CT molecular complexity index is 206. The van der Waals surface area contributed by atoms with Gasteiger partial charge in [0.15, 0.2) is 0 Å². The zero-order valence-electron chi connectivity index (χ0n) is 9.84. The smallest absolute Gasteiger partial charge is 0.127 e. The number of ether oxygens (including phenoxy) is 1. The van der Waals surface area contributed by atoms with Gasteiger partial charge in [-0.05, 0) is 38.0 Å². The van der Waals surface area contributed by atoms with Crippen molar-refractivity contribution in [1.29, 1.82) is 0 Å². The second-order valence-electron chi connectivity index (χ2n) is 5.30. The van der Waals surface area contributed by atoms with Crippen LogP contribution in [-0.2, 0) is 4.74 Å². The summed E-state index contributed by atoms with van der Waals surface area (Å²) in [5.41, 5.74) is 0. The van der Waals surface area contributed by atoms with Crippen molar-refractivity contribution in [3.05, 3.63) is 0 Å². The molecule has 1 nitrogen and oxygen atoms in total. The van der Waals surface area contributed by atoms with Crippen molar-refractivity contribution in [3.8, 4) is 0 Å². The van der Waals surface area contributed by atoms with E-state index in [9.17, 15) is 4.39 Å². The molecule has 0 aromatic heterocycles. The Morgan fingerprint density at radius 1 is 1.06 bits per heavy atom. The lowest BCUT2D eigenvalue weighted by Crippen LogP contribution is -2.34. The minimum absolute atomic E-state index is 0.129. The molecule has 2 aliphatic rings. The van der Waals surface area contributed by atoms with Crippen LogP contribution in [0, 0.1) is 5.92 Å². The normalized spacial score (nSPS) is 37.5. The number of hydrogen-bond donors (Lipinski definition) is 0. The van der Waals surface area contributed by atoms with Crippen molar-refractivity contribution < 1.29 is 9.13 Å².